The first-order valence-electron chi connectivity index (χ1n) is 9.98. The number of aryl methyl sites for hydroxylation is 2. The van der Waals surface area contributed by atoms with Crippen LogP contribution in [0.3, 0.4) is 0 Å². The molecule has 4 rings (SSSR count). The molecule has 0 saturated carbocycles. The fourth-order valence-electron chi connectivity index (χ4n) is 3.64. The van der Waals surface area contributed by atoms with E-state index in [1.54, 1.807) is 24.3 Å². The fraction of sp³-hybridized carbons (Fsp3) is 0.304. The number of hydrogen-bond acceptors (Lipinski definition) is 3. The van der Waals surface area contributed by atoms with Crippen molar-refractivity contribution in [3.8, 4) is 0 Å². The van der Waals surface area contributed by atoms with Gasteiger partial charge in [0.05, 0.1) is 25.5 Å². The second kappa shape index (κ2) is 8.90. The lowest BCUT2D eigenvalue weighted by molar-refractivity contribution is 0.103. The summed E-state index contributed by atoms with van der Waals surface area (Å²) in [7, 11) is 1.95. The lowest BCUT2D eigenvalue weighted by atomic mass is 10.1. The zero-order valence-corrected chi connectivity index (χ0v) is 17.9. The third kappa shape index (κ3) is 4.66. The zero-order valence-electron chi connectivity index (χ0n) is 17.2. The molecule has 3 aromatic rings. The number of aromatic nitrogens is 2. The number of fused-ring (bicyclic) bond motifs is 1. The summed E-state index contributed by atoms with van der Waals surface area (Å²) in [4.78, 5) is 14.5. The molecule has 2 aromatic carbocycles. The van der Waals surface area contributed by atoms with Crippen molar-refractivity contribution in [3.05, 3.63) is 81.6 Å². The number of anilines is 1. The van der Waals surface area contributed by atoms with Crippen LogP contribution < -0.4 is 5.32 Å². The number of rotatable bonds is 5. The molecule has 0 fully saturated rings. The summed E-state index contributed by atoms with van der Waals surface area (Å²) < 4.78 is 7.83. The van der Waals surface area contributed by atoms with Crippen LogP contribution in [0.25, 0.3) is 0 Å². The molecule has 1 aliphatic rings. The molecular formula is C23H25ClN4O2. The summed E-state index contributed by atoms with van der Waals surface area (Å²) in [6.07, 6.45) is 0.769. The number of amides is 2. The molecule has 2 amide bonds. The summed E-state index contributed by atoms with van der Waals surface area (Å²) in [5.41, 5.74) is 6.23. The van der Waals surface area contributed by atoms with E-state index in [1.807, 2.05) is 16.6 Å². The van der Waals surface area contributed by atoms with Crippen LogP contribution >= 0.6 is 11.6 Å². The van der Waals surface area contributed by atoms with Crippen LogP contribution in [0.5, 0.6) is 0 Å². The van der Waals surface area contributed by atoms with Crippen molar-refractivity contribution in [2.45, 2.75) is 33.1 Å². The van der Waals surface area contributed by atoms with Gasteiger partial charge in [-0.05, 0) is 36.8 Å². The maximum Gasteiger partial charge on any atom is 0.322 e. The largest absolute Gasteiger partial charge is 0.370 e. The Morgan fingerprint density at radius 3 is 2.60 bits per heavy atom. The van der Waals surface area contributed by atoms with Crippen LogP contribution in [0.15, 0.2) is 48.5 Å². The van der Waals surface area contributed by atoms with Gasteiger partial charge in [-0.1, -0.05) is 41.4 Å². The maximum absolute atomic E-state index is 12.7. The van der Waals surface area contributed by atoms with Gasteiger partial charge in [0, 0.05) is 42.0 Å². The second-order valence-electron chi connectivity index (χ2n) is 7.58. The highest BCUT2D eigenvalue weighted by atomic mass is 35.5. The van der Waals surface area contributed by atoms with E-state index in [4.69, 9.17) is 16.3 Å². The Kier molecular flexibility index (Phi) is 6.06. The van der Waals surface area contributed by atoms with E-state index in [2.05, 4.69) is 41.6 Å². The minimum absolute atomic E-state index is 0.127. The van der Waals surface area contributed by atoms with Gasteiger partial charge in [-0.2, -0.15) is 5.10 Å². The van der Waals surface area contributed by atoms with Gasteiger partial charge < -0.3 is 15.0 Å². The number of nitrogens with zero attached hydrogens (tertiary/aromatic N) is 3. The summed E-state index contributed by atoms with van der Waals surface area (Å²) >= 11 is 5.92. The third-order valence-corrected chi connectivity index (χ3v) is 5.59. The Morgan fingerprint density at radius 2 is 1.87 bits per heavy atom. The summed E-state index contributed by atoms with van der Waals surface area (Å²) in [5, 5.41) is 8.22. The molecule has 156 valence electrons. The van der Waals surface area contributed by atoms with E-state index in [9.17, 15) is 4.79 Å². The zero-order chi connectivity index (χ0) is 21.1. The minimum Gasteiger partial charge on any atom is -0.370 e. The number of ether oxygens (including phenoxy) is 1. The normalized spacial score (nSPS) is 13.2. The van der Waals surface area contributed by atoms with Gasteiger partial charge in [-0.15, -0.1) is 0 Å². The second-order valence-corrected chi connectivity index (χ2v) is 8.02. The topological polar surface area (TPSA) is 59.4 Å². The molecule has 1 aromatic heterocycles. The lowest BCUT2D eigenvalue weighted by Crippen LogP contribution is -2.39. The number of carbonyl (C=O) groups excluding carboxylic acids is 1. The van der Waals surface area contributed by atoms with Gasteiger partial charge in [-0.25, -0.2) is 4.79 Å². The number of hydrogen-bond donors (Lipinski definition) is 1. The average molecular weight is 425 g/mol. The molecule has 0 spiro atoms. The van der Waals surface area contributed by atoms with Crippen molar-refractivity contribution in [3.63, 3.8) is 0 Å². The smallest absolute Gasteiger partial charge is 0.322 e. The standard InChI is InChI=1S/C23H25ClN4O2/c1-16-3-5-17(6-4-16)14-30-15-21-20-13-28(12-11-22(20)27(2)26-21)23(29)25-19-9-7-18(24)8-10-19/h3-10H,11-15H2,1-2H3,(H,25,29). The Labute approximate surface area is 181 Å². The molecule has 7 heteroatoms. The lowest BCUT2D eigenvalue weighted by Gasteiger charge is -2.28. The van der Waals surface area contributed by atoms with Gasteiger partial charge in [0.2, 0.25) is 0 Å². The highest BCUT2D eigenvalue weighted by molar-refractivity contribution is 6.30. The van der Waals surface area contributed by atoms with Crippen LogP contribution in [0.4, 0.5) is 10.5 Å². The molecule has 1 aliphatic heterocycles. The summed E-state index contributed by atoms with van der Waals surface area (Å²) in [5.74, 6) is 0. The van der Waals surface area contributed by atoms with E-state index in [0.29, 0.717) is 31.3 Å². The quantitative estimate of drug-likeness (QED) is 0.646. The van der Waals surface area contributed by atoms with Gasteiger partial charge in [0.1, 0.15) is 0 Å². The first-order chi connectivity index (χ1) is 14.5. The number of urea groups is 1. The monoisotopic (exact) mass is 424 g/mol. The molecule has 0 saturated heterocycles. The van der Waals surface area contributed by atoms with E-state index in [-0.39, 0.29) is 6.03 Å². The molecule has 30 heavy (non-hydrogen) atoms. The Balaban J connectivity index is 1.40. The summed E-state index contributed by atoms with van der Waals surface area (Å²) in [6, 6.07) is 15.3. The van der Waals surface area contributed by atoms with Crippen molar-refractivity contribution in [2.24, 2.45) is 7.05 Å². The van der Waals surface area contributed by atoms with Crippen molar-refractivity contribution < 1.29 is 9.53 Å². The highest BCUT2D eigenvalue weighted by Crippen LogP contribution is 2.24. The summed E-state index contributed by atoms with van der Waals surface area (Å²) in [6.45, 7) is 4.19. The molecular weight excluding hydrogens is 400 g/mol. The third-order valence-electron chi connectivity index (χ3n) is 5.34. The maximum atomic E-state index is 12.7. The van der Waals surface area contributed by atoms with Crippen molar-refractivity contribution in [2.75, 3.05) is 11.9 Å². The van der Waals surface area contributed by atoms with Crippen molar-refractivity contribution in [1.29, 1.82) is 0 Å². The number of benzene rings is 2. The molecule has 0 radical (unpaired) electrons. The van der Waals surface area contributed by atoms with E-state index in [1.165, 1.54) is 11.3 Å². The predicted molar refractivity (Wildman–Crippen MR) is 117 cm³/mol. The molecule has 6 nitrogen and oxygen atoms in total. The highest BCUT2D eigenvalue weighted by Gasteiger charge is 2.26. The first-order valence-corrected chi connectivity index (χ1v) is 10.4. The van der Waals surface area contributed by atoms with E-state index in [0.717, 1.165) is 28.9 Å². The molecule has 0 unspecified atom stereocenters. The number of nitrogens with one attached hydrogen (secondary N) is 1. The van der Waals surface area contributed by atoms with Crippen molar-refractivity contribution >= 4 is 23.3 Å². The van der Waals surface area contributed by atoms with Crippen LogP contribution in [0, 0.1) is 6.92 Å². The Morgan fingerprint density at radius 1 is 1.13 bits per heavy atom. The average Bonchev–Trinajstić information content (AvgIpc) is 3.06. The molecule has 0 atom stereocenters. The van der Waals surface area contributed by atoms with Crippen LogP contribution in [0.2, 0.25) is 5.02 Å². The SMILES string of the molecule is Cc1ccc(COCc2nn(C)c3c2CN(C(=O)Nc2ccc(Cl)cc2)CC3)cc1. The van der Waals surface area contributed by atoms with E-state index >= 15 is 0 Å². The minimum atomic E-state index is -0.127. The molecule has 2 heterocycles. The van der Waals surface area contributed by atoms with Gasteiger partial charge in [-0.3, -0.25) is 4.68 Å². The van der Waals surface area contributed by atoms with E-state index < -0.39 is 0 Å². The Bertz CT molecular complexity index is 1030. The molecule has 1 N–H and O–H groups in total. The first kappa shape index (κ1) is 20.4. The van der Waals surface area contributed by atoms with Gasteiger partial charge in [0.15, 0.2) is 0 Å². The molecule has 0 bridgehead atoms. The molecule has 0 aliphatic carbocycles. The van der Waals surface area contributed by atoms with Gasteiger partial charge >= 0.3 is 6.03 Å². The fourth-order valence-corrected chi connectivity index (χ4v) is 3.77. The number of carbonyl (C=O) groups is 1. The Hall–Kier alpha value is -2.83. The van der Waals surface area contributed by atoms with Gasteiger partial charge in [0.25, 0.3) is 0 Å². The van der Waals surface area contributed by atoms with Crippen molar-refractivity contribution in [1.82, 2.24) is 14.7 Å². The van der Waals surface area contributed by atoms with Crippen LogP contribution in [0.1, 0.15) is 28.1 Å². The number of halogens is 1. The van der Waals surface area contributed by atoms with Crippen LogP contribution in [-0.2, 0) is 38.0 Å². The predicted octanol–water partition coefficient (Wildman–Crippen LogP) is 4.69. The van der Waals surface area contributed by atoms with Crippen LogP contribution in [-0.4, -0.2) is 27.3 Å².